The molecule has 1 N–H and O–H groups in total. The van der Waals surface area contributed by atoms with Gasteiger partial charge < -0.3 is 15.0 Å². The van der Waals surface area contributed by atoms with Crippen LogP contribution in [0.25, 0.3) is 0 Å². The monoisotopic (exact) mass is 551 g/mol. The number of carbonyl (C=O) groups excluding carboxylic acids is 2. The first-order chi connectivity index (χ1) is 18.7. The van der Waals surface area contributed by atoms with Gasteiger partial charge >= 0.3 is 0 Å². The summed E-state index contributed by atoms with van der Waals surface area (Å²) >= 11 is 0. The van der Waals surface area contributed by atoms with Gasteiger partial charge in [0.2, 0.25) is 11.8 Å². The highest BCUT2D eigenvalue weighted by atomic mass is 32.2. The van der Waals surface area contributed by atoms with E-state index in [1.807, 2.05) is 51.1 Å². The van der Waals surface area contributed by atoms with Crippen LogP contribution in [-0.4, -0.2) is 51.4 Å². The van der Waals surface area contributed by atoms with Gasteiger partial charge in [-0.25, -0.2) is 8.42 Å². The molecule has 0 saturated carbocycles. The maximum atomic E-state index is 14.0. The van der Waals surface area contributed by atoms with Crippen LogP contribution in [0.4, 0.5) is 5.69 Å². The molecule has 0 aliphatic heterocycles. The minimum Gasteiger partial charge on any atom is -0.497 e. The van der Waals surface area contributed by atoms with Crippen LogP contribution in [0.15, 0.2) is 89.8 Å². The largest absolute Gasteiger partial charge is 0.497 e. The van der Waals surface area contributed by atoms with Crippen LogP contribution in [0.5, 0.6) is 5.75 Å². The minimum absolute atomic E-state index is 0.0527. The predicted molar refractivity (Wildman–Crippen MR) is 153 cm³/mol. The Bertz CT molecular complexity index is 1330. The second-order valence-corrected chi connectivity index (χ2v) is 11.5. The molecule has 0 aliphatic carbocycles. The van der Waals surface area contributed by atoms with E-state index in [4.69, 9.17) is 4.74 Å². The fourth-order valence-electron chi connectivity index (χ4n) is 4.14. The van der Waals surface area contributed by atoms with Crippen molar-refractivity contribution in [3.63, 3.8) is 0 Å². The quantitative estimate of drug-likeness (QED) is 0.338. The second kappa shape index (κ2) is 13.8. The molecule has 0 fully saturated rings. The molecule has 1 atom stereocenters. The van der Waals surface area contributed by atoms with Gasteiger partial charge in [0.1, 0.15) is 18.3 Å². The first-order valence-electron chi connectivity index (χ1n) is 13.0. The molecule has 0 unspecified atom stereocenters. The number of nitrogens with one attached hydrogen (secondary N) is 1. The number of nitrogens with zero attached hydrogens (tertiary/aromatic N) is 2. The summed E-state index contributed by atoms with van der Waals surface area (Å²) in [6, 6.07) is 23.1. The second-order valence-electron chi connectivity index (χ2n) is 9.60. The number of carbonyl (C=O) groups is 2. The van der Waals surface area contributed by atoms with Crippen molar-refractivity contribution in [3.05, 3.63) is 90.5 Å². The maximum absolute atomic E-state index is 14.0. The van der Waals surface area contributed by atoms with Crippen molar-refractivity contribution in [3.8, 4) is 5.75 Å². The van der Waals surface area contributed by atoms with Gasteiger partial charge in [0.05, 0.1) is 17.7 Å². The molecule has 0 radical (unpaired) electrons. The van der Waals surface area contributed by atoms with Gasteiger partial charge in [0, 0.05) is 19.2 Å². The number of amides is 2. The molecule has 0 aromatic heterocycles. The van der Waals surface area contributed by atoms with Gasteiger partial charge in [-0.1, -0.05) is 75.4 Å². The normalized spacial score (nSPS) is 12.0. The van der Waals surface area contributed by atoms with E-state index in [0.717, 1.165) is 9.87 Å². The number of ether oxygens (including phenoxy) is 1. The summed E-state index contributed by atoms with van der Waals surface area (Å²) in [6.45, 7) is 5.96. The Morgan fingerprint density at radius 3 is 2.15 bits per heavy atom. The molecule has 0 spiro atoms. The molecule has 0 bridgehead atoms. The number of anilines is 1. The molecule has 3 aromatic carbocycles. The van der Waals surface area contributed by atoms with Gasteiger partial charge in [0.25, 0.3) is 10.0 Å². The Morgan fingerprint density at radius 2 is 1.56 bits per heavy atom. The fourth-order valence-corrected chi connectivity index (χ4v) is 5.56. The molecule has 0 aliphatic rings. The first-order valence-corrected chi connectivity index (χ1v) is 14.4. The van der Waals surface area contributed by atoms with E-state index >= 15 is 0 Å². The van der Waals surface area contributed by atoms with E-state index in [-0.39, 0.29) is 29.0 Å². The molecular weight excluding hydrogens is 514 g/mol. The molecule has 9 heteroatoms. The lowest BCUT2D eigenvalue weighted by atomic mass is 10.1. The van der Waals surface area contributed by atoms with Crippen molar-refractivity contribution in [2.45, 2.75) is 44.7 Å². The lowest BCUT2D eigenvalue weighted by Gasteiger charge is -2.33. The van der Waals surface area contributed by atoms with Gasteiger partial charge in [-0.2, -0.15) is 0 Å². The zero-order valence-corrected chi connectivity index (χ0v) is 23.7. The highest BCUT2D eigenvalue weighted by Gasteiger charge is 2.33. The van der Waals surface area contributed by atoms with E-state index in [9.17, 15) is 18.0 Å². The summed E-state index contributed by atoms with van der Waals surface area (Å²) in [5.74, 6) is -0.0693. The number of methoxy groups -OCH3 is 1. The van der Waals surface area contributed by atoms with Crippen molar-refractivity contribution in [2.75, 3.05) is 24.5 Å². The summed E-state index contributed by atoms with van der Waals surface area (Å²) < 4.78 is 34.1. The Kier molecular flexibility index (Phi) is 10.5. The summed E-state index contributed by atoms with van der Waals surface area (Å²) in [7, 11) is -2.64. The lowest BCUT2D eigenvalue weighted by Crippen LogP contribution is -2.52. The van der Waals surface area contributed by atoms with Crippen LogP contribution in [0, 0.1) is 5.92 Å². The Balaban J connectivity index is 2.04. The van der Waals surface area contributed by atoms with Crippen LogP contribution < -0.4 is 14.4 Å². The molecule has 3 aromatic rings. The van der Waals surface area contributed by atoms with Crippen LogP contribution in [0.2, 0.25) is 0 Å². The summed E-state index contributed by atoms with van der Waals surface area (Å²) in [4.78, 5) is 28.8. The molecule has 2 amide bonds. The van der Waals surface area contributed by atoms with Crippen molar-refractivity contribution < 1.29 is 22.7 Å². The van der Waals surface area contributed by atoms with Crippen LogP contribution in [-0.2, 0) is 26.2 Å². The molecule has 208 valence electrons. The fraction of sp³-hybridized carbons (Fsp3) is 0.333. The SMILES string of the molecule is CC[C@@H](C(=O)NCC(C)C)N(Cc1ccccc1)C(=O)CN(c1cccc(OC)c1)S(=O)(=O)c1ccccc1. The Labute approximate surface area is 231 Å². The standard InChI is InChI=1S/C30H37N3O5S/c1-5-28(30(35)31-20-23(2)3)32(21-24-13-8-6-9-14-24)29(34)22-33(25-15-12-16-26(19-25)38-4)39(36,37)27-17-10-7-11-18-27/h6-19,23,28H,5,20-22H2,1-4H3,(H,31,35)/t28-/m0/s1. The Morgan fingerprint density at radius 1 is 0.923 bits per heavy atom. The van der Waals surface area contributed by atoms with E-state index < -0.39 is 28.5 Å². The van der Waals surface area contributed by atoms with Crippen LogP contribution >= 0.6 is 0 Å². The third kappa shape index (κ3) is 7.83. The maximum Gasteiger partial charge on any atom is 0.264 e. The number of rotatable bonds is 13. The third-order valence-electron chi connectivity index (χ3n) is 6.22. The van der Waals surface area contributed by atoms with Crippen molar-refractivity contribution in [1.29, 1.82) is 0 Å². The molecule has 8 nitrogen and oxygen atoms in total. The number of sulfonamides is 1. The van der Waals surface area contributed by atoms with E-state index in [2.05, 4.69) is 5.32 Å². The van der Waals surface area contributed by atoms with Crippen molar-refractivity contribution in [1.82, 2.24) is 10.2 Å². The smallest absolute Gasteiger partial charge is 0.264 e. The van der Waals surface area contributed by atoms with Gasteiger partial charge in [-0.15, -0.1) is 0 Å². The van der Waals surface area contributed by atoms with Crippen molar-refractivity contribution >= 4 is 27.5 Å². The molecular formula is C30H37N3O5S. The zero-order valence-electron chi connectivity index (χ0n) is 22.9. The van der Waals surface area contributed by atoms with Gasteiger partial charge in [-0.05, 0) is 42.2 Å². The van der Waals surface area contributed by atoms with Crippen molar-refractivity contribution in [2.24, 2.45) is 5.92 Å². The molecule has 0 heterocycles. The van der Waals surface area contributed by atoms with Gasteiger partial charge in [0.15, 0.2) is 0 Å². The number of hydrogen-bond donors (Lipinski definition) is 1. The Hall–Kier alpha value is -3.85. The van der Waals surface area contributed by atoms with E-state index in [1.54, 1.807) is 42.5 Å². The number of hydrogen-bond acceptors (Lipinski definition) is 5. The average Bonchev–Trinajstić information content (AvgIpc) is 2.95. The zero-order chi connectivity index (χ0) is 28.4. The third-order valence-corrected chi connectivity index (χ3v) is 8.01. The molecule has 3 rings (SSSR count). The molecule has 0 saturated heterocycles. The number of benzene rings is 3. The minimum atomic E-state index is -4.12. The average molecular weight is 552 g/mol. The summed E-state index contributed by atoms with van der Waals surface area (Å²) in [5, 5.41) is 2.93. The van der Waals surface area contributed by atoms with E-state index in [1.165, 1.54) is 24.1 Å². The highest BCUT2D eigenvalue weighted by molar-refractivity contribution is 7.92. The highest BCUT2D eigenvalue weighted by Crippen LogP contribution is 2.27. The first kappa shape index (κ1) is 29.7. The predicted octanol–water partition coefficient (Wildman–Crippen LogP) is 4.47. The lowest BCUT2D eigenvalue weighted by molar-refractivity contribution is -0.140. The van der Waals surface area contributed by atoms with Gasteiger partial charge in [-0.3, -0.25) is 13.9 Å². The van der Waals surface area contributed by atoms with Crippen LogP contribution in [0.3, 0.4) is 0 Å². The summed E-state index contributed by atoms with van der Waals surface area (Å²) in [5.41, 5.74) is 1.11. The molecule has 39 heavy (non-hydrogen) atoms. The topological polar surface area (TPSA) is 96.0 Å². The van der Waals surface area contributed by atoms with E-state index in [0.29, 0.717) is 18.7 Å². The van der Waals surface area contributed by atoms with Crippen LogP contribution in [0.1, 0.15) is 32.8 Å². The summed E-state index contributed by atoms with van der Waals surface area (Å²) in [6.07, 6.45) is 0.368.